The lowest BCUT2D eigenvalue weighted by atomic mass is 10.1. The maximum Gasteiger partial charge on any atom is 0.512 e. The Balaban J connectivity index is 2.01. The van der Waals surface area contributed by atoms with Crippen molar-refractivity contribution in [2.45, 2.75) is 13.0 Å². The Morgan fingerprint density at radius 3 is 2.22 bits per heavy atom. The molecule has 0 amide bonds. The Kier molecular flexibility index (Phi) is 5.86. The maximum atomic E-state index is 13.5. The van der Waals surface area contributed by atoms with Crippen LogP contribution in [-0.2, 0) is 13.0 Å². The molecular weight excluding hydrogens is 408 g/mol. The summed E-state index contributed by atoms with van der Waals surface area (Å²) in [5.41, 5.74) is 0.525. The number of hydrogen-bond donors (Lipinski definition) is 1. The van der Waals surface area contributed by atoms with Crippen LogP contribution in [-0.4, -0.2) is 20.4 Å². The Morgan fingerprint density at radius 1 is 0.906 bits per heavy atom. The number of rotatable bonds is 6. The zero-order chi connectivity index (χ0) is 22.5. The Morgan fingerprint density at radius 2 is 1.59 bits per heavy atom. The van der Waals surface area contributed by atoms with Crippen LogP contribution in [0.4, 0.5) is 4.79 Å². The first kappa shape index (κ1) is 20.7. The predicted octanol–water partition coefficient (Wildman–Crippen LogP) is 3.30. The van der Waals surface area contributed by atoms with Crippen LogP contribution in [0.5, 0.6) is 5.88 Å². The van der Waals surface area contributed by atoms with Gasteiger partial charge in [-0.15, -0.1) is 0 Å². The van der Waals surface area contributed by atoms with Gasteiger partial charge in [-0.05, 0) is 41.5 Å². The smallest absolute Gasteiger partial charge is 0.449 e. The molecule has 0 aliphatic carbocycles. The number of aromatic nitrogens is 2. The van der Waals surface area contributed by atoms with Crippen LogP contribution >= 0.6 is 0 Å². The standard InChI is InChI=1S/C25H18N2O5/c28-22-21(16-18-10-4-1-5-11-18)23(32-25(30)31)26(17-19-12-6-2-7-13-19)24(29)27(22)20-14-8-3-9-15-20/h2-4,6-15H,16-17H2,(H,30,31). The fourth-order valence-corrected chi connectivity index (χ4v) is 3.44. The van der Waals surface area contributed by atoms with E-state index >= 15 is 0 Å². The molecule has 0 unspecified atom stereocenters. The molecule has 3 aromatic carbocycles. The summed E-state index contributed by atoms with van der Waals surface area (Å²) < 4.78 is 7.23. The summed E-state index contributed by atoms with van der Waals surface area (Å²) in [4.78, 5) is 38.4. The molecular formula is C25H18N2O5. The van der Waals surface area contributed by atoms with Crippen molar-refractivity contribution in [3.63, 3.8) is 0 Å². The second-order valence-electron chi connectivity index (χ2n) is 7.00. The molecule has 32 heavy (non-hydrogen) atoms. The molecule has 0 spiro atoms. The number of para-hydroxylation sites is 1. The summed E-state index contributed by atoms with van der Waals surface area (Å²) in [6.07, 6.45) is -1.56. The van der Waals surface area contributed by atoms with E-state index in [4.69, 9.17) is 4.74 Å². The first-order chi connectivity index (χ1) is 15.5. The van der Waals surface area contributed by atoms with Gasteiger partial charge in [0.25, 0.3) is 5.56 Å². The summed E-state index contributed by atoms with van der Waals surface area (Å²) in [6.45, 7) is 0.0249. The molecule has 0 radical (unpaired) electrons. The number of carboxylic acid groups (broad SMARTS) is 1. The Hall–Kier alpha value is -4.57. The lowest BCUT2D eigenvalue weighted by Gasteiger charge is -2.18. The van der Waals surface area contributed by atoms with E-state index in [1.165, 1.54) is 4.57 Å². The van der Waals surface area contributed by atoms with Crippen LogP contribution in [0.25, 0.3) is 5.69 Å². The van der Waals surface area contributed by atoms with Crippen LogP contribution in [0, 0.1) is 12.1 Å². The van der Waals surface area contributed by atoms with E-state index < -0.39 is 17.4 Å². The molecule has 0 saturated heterocycles. The number of carbonyl (C=O) groups is 1. The molecule has 158 valence electrons. The maximum absolute atomic E-state index is 13.5. The molecule has 1 N–H and O–H groups in total. The van der Waals surface area contributed by atoms with Crippen LogP contribution in [0.2, 0.25) is 0 Å². The summed E-state index contributed by atoms with van der Waals surface area (Å²) >= 11 is 0. The van der Waals surface area contributed by atoms with Gasteiger partial charge in [0.2, 0.25) is 5.88 Å². The molecule has 0 saturated carbocycles. The molecule has 7 nitrogen and oxygen atoms in total. The quantitative estimate of drug-likeness (QED) is 0.478. The first-order valence-electron chi connectivity index (χ1n) is 9.80. The van der Waals surface area contributed by atoms with E-state index in [-0.39, 0.29) is 24.4 Å². The van der Waals surface area contributed by atoms with Gasteiger partial charge in [-0.3, -0.25) is 9.36 Å². The third kappa shape index (κ3) is 4.30. The van der Waals surface area contributed by atoms with Crippen molar-refractivity contribution in [1.82, 2.24) is 9.13 Å². The first-order valence-corrected chi connectivity index (χ1v) is 9.80. The topological polar surface area (TPSA) is 90.5 Å². The lowest BCUT2D eigenvalue weighted by Crippen LogP contribution is -2.42. The van der Waals surface area contributed by atoms with Crippen molar-refractivity contribution >= 4 is 6.16 Å². The Bertz CT molecular complexity index is 1270. The third-order valence-corrected chi connectivity index (χ3v) is 4.87. The van der Waals surface area contributed by atoms with E-state index in [0.717, 1.165) is 10.1 Å². The fraction of sp³-hybridized carbons (Fsp3) is 0.0800. The summed E-state index contributed by atoms with van der Waals surface area (Å²) in [5.74, 6) is -0.295. The van der Waals surface area contributed by atoms with Crippen molar-refractivity contribution in [3.8, 4) is 11.6 Å². The molecule has 0 aliphatic heterocycles. The van der Waals surface area contributed by atoms with Crippen LogP contribution in [0.15, 0.2) is 88.5 Å². The summed E-state index contributed by atoms with van der Waals surface area (Å²) in [5, 5.41) is 9.36. The molecule has 0 fully saturated rings. The highest BCUT2D eigenvalue weighted by Crippen LogP contribution is 2.20. The van der Waals surface area contributed by atoms with Gasteiger partial charge in [0, 0.05) is 6.42 Å². The lowest BCUT2D eigenvalue weighted by molar-refractivity contribution is 0.139. The second kappa shape index (κ2) is 9.06. The van der Waals surface area contributed by atoms with E-state index in [9.17, 15) is 19.5 Å². The molecule has 4 rings (SSSR count). The molecule has 7 heteroatoms. The van der Waals surface area contributed by atoms with Crippen molar-refractivity contribution in [2.75, 3.05) is 0 Å². The molecule has 1 aromatic heterocycles. The van der Waals surface area contributed by atoms with Crippen molar-refractivity contribution in [2.24, 2.45) is 0 Å². The highest BCUT2D eigenvalue weighted by molar-refractivity contribution is 5.61. The molecule has 4 aromatic rings. The van der Waals surface area contributed by atoms with Gasteiger partial charge in [0.05, 0.1) is 17.8 Å². The average Bonchev–Trinajstić information content (AvgIpc) is 2.81. The molecule has 0 bridgehead atoms. The van der Waals surface area contributed by atoms with Crippen LogP contribution in [0.1, 0.15) is 16.7 Å². The van der Waals surface area contributed by atoms with Gasteiger partial charge in [-0.1, -0.05) is 60.7 Å². The van der Waals surface area contributed by atoms with Crippen molar-refractivity contribution in [3.05, 3.63) is 129 Å². The fourth-order valence-electron chi connectivity index (χ4n) is 3.44. The Labute approximate surface area is 183 Å². The van der Waals surface area contributed by atoms with Gasteiger partial charge in [-0.2, -0.15) is 0 Å². The number of ether oxygens (including phenoxy) is 1. The largest absolute Gasteiger partial charge is 0.512 e. The zero-order valence-corrected chi connectivity index (χ0v) is 16.9. The predicted molar refractivity (Wildman–Crippen MR) is 117 cm³/mol. The van der Waals surface area contributed by atoms with Crippen molar-refractivity contribution < 1.29 is 14.6 Å². The monoisotopic (exact) mass is 426 g/mol. The molecule has 0 atom stereocenters. The normalized spacial score (nSPS) is 10.4. The minimum absolute atomic E-state index is 0.0249. The van der Waals surface area contributed by atoms with Gasteiger partial charge in [-0.25, -0.2) is 14.2 Å². The van der Waals surface area contributed by atoms with Crippen molar-refractivity contribution in [1.29, 1.82) is 0 Å². The van der Waals surface area contributed by atoms with Gasteiger partial charge < -0.3 is 9.84 Å². The second-order valence-corrected chi connectivity index (χ2v) is 7.00. The third-order valence-electron chi connectivity index (χ3n) is 4.87. The minimum Gasteiger partial charge on any atom is -0.449 e. The molecule has 0 aliphatic rings. The van der Waals surface area contributed by atoms with Crippen LogP contribution in [0.3, 0.4) is 0 Å². The highest BCUT2D eigenvalue weighted by Gasteiger charge is 2.24. The van der Waals surface area contributed by atoms with E-state index in [1.807, 2.05) is 18.2 Å². The highest BCUT2D eigenvalue weighted by atomic mass is 16.7. The summed E-state index contributed by atoms with van der Waals surface area (Å²) in [7, 11) is 0. The molecule has 1 heterocycles. The number of hydrogen-bond acceptors (Lipinski definition) is 4. The van der Waals surface area contributed by atoms with E-state index in [2.05, 4.69) is 12.1 Å². The average molecular weight is 426 g/mol. The number of benzene rings is 2. The SMILES string of the molecule is O=C(O)Oc1c(Cc2cc#ccc2)c(=O)n(-c2ccccc2)c(=O)n1Cc1ccccc1. The van der Waals surface area contributed by atoms with E-state index in [1.54, 1.807) is 60.7 Å². The van der Waals surface area contributed by atoms with Gasteiger partial charge in [0.15, 0.2) is 0 Å². The van der Waals surface area contributed by atoms with E-state index in [0.29, 0.717) is 11.3 Å². The van der Waals surface area contributed by atoms with Gasteiger partial charge >= 0.3 is 11.8 Å². The van der Waals surface area contributed by atoms with Crippen LogP contribution < -0.4 is 16.0 Å². The number of nitrogens with zero attached hydrogens (tertiary/aromatic N) is 2. The summed E-state index contributed by atoms with van der Waals surface area (Å²) in [6, 6.07) is 28.2. The van der Waals surface area contributed by atoms with Gasteiger partial charge in [0.1, 0.15) is 0 Å². The zero-order valence-electron chi connectivity index (χ0n) is 16.9. The minimum atomic E-state index is -1.61.